The first-order chi connectivity index (χ1) is 9.15. The lowest BCUT2D eigenvalue weighted by atomic mass is 9.78. The third-order valence-electron chi connectivity index (χ3n) is 5.27. The van der Waals surface area contributed by atoms with Crippen molar-refractivity contribution in [3.63, 3.8) is 0 Å². The standard InChI is InChI=1S/C16H30N2S/c1-5-13(6-2)15-10-17-16(19-15)18-14-9-7-8-11(3)12(14)4/h11-15H,5-10H2,1-4H3,(H,17,18). The van der Waals surface area contributed by atoms with E-state index < -0.39 is 0 Å². The van der Waals surface area contributed by atoms with E-state index in [1.807, 2.05) is 11.8 Å². The van der Waals surface area contributed by atoms with Crippen molar-refractivity contribution in [1.82, 2.24) is 5.32 Å². The fraction of sp³-hybridized carbons (Fsp3) is 0.938. The molecule has 1 saturated carbocycles. The predicted molar refractivity (Wildman–Crippen MR) is 86.9 cm³/mol. The van der Waals surface area contributed by atoms with Crippen LogP contribution in [0.2, 0.25) is 0 Å². The first-order valence-electron chi connectivity index (χ1n) is 8.13. The van der Waals surface area contributed by atoms with Gasteiger partial charge in [0, 0.05) is 11.3 Å². The van der Waals surface area contributed by atoms with Gasteiger partial charge in [-0.15, -0.1) is 0 Å². The summed E-state index contributed by atoms with van der Waals surface area (Å²) in [4.78, 5) is 4.76. The van der Waals surface area contributed by atoms with Crippen LogP contribution in [0.1, 0.15) is 59.8 Å². The van der Waals surface area contributed by atoms with Gasteiger partial charge in [-0.2, -0.15) is 0 Å². The highest BCUT2D eigenvalue weighted by atomic mass is 32.2. The van der Waals surface area contributed by atoms with Crippen LogP contribution >= 0.6 is 11.8 Å². The van der Waals surface area contributed by atoms with Gasteiger partial charge in [0.25, 0.3) is 0 Å². The molecule has 2 rings (SSSR count). The van der Waals surface area contributed by atoms with Crippen LogP contribution in [0, 0.1) is 17.8 Å². The van der Waals surface area contributed by atoms with Crippen molar-refractivity contribution in [3.8, 4) is 0 Å². The molecule has 4 atom stereocenters. The van der Waals surface area contributed by atoms with Gasteiger partial charge in [-0.3, -0.25) is 4.99 Å². The van der Waals surface area contributed by atoms with E-state index in [1.54, 1.807) is 0 Å². The maximum absolute atomic E-state index is 4.76. The molecule has 3 heteroatoms. The van der Waals surface area contributed by atoms with Crippen molar-refractivity contribution in [2.45, 2.75) is 71.1 Å². The SMILES string of the molecule is CCC(CC)C1CN=C(NC2CCCC(C)C2C)S1. The van der Waals surface area contributed by atoms with E-state index in [9.17, 15) is 0 Å². The summed E-state index contributed by atoms with van der Waals surface area (Å²) >= 11 is 2.00. The molecule has 0 saturated heterocycles. The number of thioether (sulfide) groups is 1. The molecule has 0 amide bonds. The molecule has 0 aromatic rings. The predicted octanol–water partition coefficient (Wildman–Crippen LogP) is 4.31. The molecule has 1 aliphatic carbocycles. The first kappa shape index (κ1) is 15.2. The van der Waals surface area contributed by atoms with Crippen molar-refractivity contribution in [2.75, 3.05) is 6.54 Å². The second-order valence-corrected chi connectivity index (χ2v) is 7.62. The maximum Gasteiger partial charge on any atom is 0.157 e. The summed E-state index contributed by atoms with van der Waals surface area (Å²) in [7, 11) is 0. The lowest BCUT2D eigenvalue weighted by Crippen LogP contribution is -2.42. The number of amidine groups is 1. The Hall–Kier alpha value is -0.180. The molecule has 0 aromatic heterocycles. The normalized spacial score (nSPS) is 35.5. The minimum atomic E-state index is 0.649. The summed E-state index contributed by atoms with van der Waals surface area (Å²) in [6, 6.07) is 0.649. The molecule has 1 fully saturated rings. The Kier molecular flexibility index (Phi) is 5.61. The van der Waals surface area contributed by atoms with E-state index in [0.717, 1.165) is 24.3 Å². The molecule has 19 heavy (non-hydrogen) atoms. The second-order valence-electron chi connectivity index (χ2n) is 6.40. The van der Waals surface area contributed by atoms with Gasteiger partial charge in [0.1, 0.15) is 0 Å². The zero-order chi connectivity index (χ0) is 13.8. The largest absolute Gasteiger partial charge is 0.362 e. The number of nitrogens with one attached hydrogen (secondary N) is 1. The smallest absolute Gasteiger partial charge is 0.157 e. The van der Waals surface area contributed by atoms with Crippen molar-refractivity contribution in [2.24, 2.45) is 22.7 Å². The molecule has 2 nitrogen and oxygen atoms in total. The monoisotopic (exact) mass is 282 g/mol. The fourth-order valence-corrected chi connectivity index (χ4v) is 4.86. The van der Waals surface area contributed by atoms with E-state index in [-0.39, 0.29) is 0 Å². The second kappa shape index (κ2) is 7.01. The Morgan fingerprint density at radius 1 is 1.26 bits per heavy atom. The summed E-state index contributed by atoms with van der Waals surface area (Å²) in [5, 5.41) is 5.69. The van der Waals surface area contributed by atoms with Gasteiger partial charge >= 0.3 is 0 Å². The van der Waals surface area contributed by atoms with Crippen LogP contribution in [0.15, 0.2) is 4.99 Å². The lowest BCUT2D eigenvalue weighted by molar-refractivity contribution is 0.225. The van der Waals surface area contributed by atoms with Crippen LogP contribution in [0.25, 0.3) is 0 Å². The Bertz CT molecular complexity index is 312. The van der Waals surface area contributed by atoms with Gasteiger partial charge in [-0.25, -0.2) is 0 Å². The van der Waals surface area contributed by atoms with Gasteiger partial charge in [0.05, 0.1) is 6.54 Å². The van der Waals surface area contributed by atoms with Gasteiger partial charge in [0.15, 0.2) is 5.17 Å². The zero-order valence-electron chi connectivity index (χ0n) is 13.0. The van der Waals surface area contributed by atoms with Crippen LogP contribution in [-0.2, 0) is 0 Å². The van der Waals surface area contributed by atoms with E-state index in [0.29, 0.717) is 11.3 Å². The van der Waals surface area contributed by atoms with Gasteiger partial charge < -0.3 is 5.32 Å². The van der Waals surface area contributed by atoms with Gasteiger partial charge in [-0.05, 0) is 24.2 Å². The summed E-state index contributed by atoms with van der Waals surface area (Å²) in [6.45, 7) is 10.4. The quantitative estimate of drug-likeness (QED) is 0.831. The Morgan fingerprint density at radius 3 is 2.68 bits per heavy atom. The highest BCUT2D eigenvalue weighted by molar-refractivity contribution is 8.14. The number of hydrogen-bond donors (Lipinski definition) is 1. The van der Waals surface area contributed by atoms with E-state index in [2.05, 4.69) is 33.0 Å². The van der Waals surface area contributed by atoms with Crippen molar-refractivity contribution < 1.29 is 0 Å². The van der Waals surface area contributed by atoms with Crippen molar-refractivity contribution >= 4 is 16.9 Å². The highest BCUT2D eigenvalue weighted by Gasteiger charge is 2.31. The van der Waals surface area contributed by atoms with Gasteiger partial charge in [0.2, 0.25) is 0 Å². The number of aliphatic imine (C=N–C) groups is 1. The molecule has 2 aliphatic rings. The van der Waals surface area contributed by atoms with Crippen LogP contribution in [0.3, 0.4) is 0 Å². The minimum Gasteiger partial charge on any atom is -0.362 e. The summed E-state index contributed by atoms with van der Waals surface area (Å²) < 4.78 is 0. The molecule has 1 N–H and O–H groups in total. The molecular formula is C16H30N2S. The van der Waals surface area contributed by atoms with E-state index in [4.69, 9.17) is 4.99 Å². The van der Waals surface area contributed by atoms with E-state index in [1.165, 1.54) is 37.3 Å². The summed E-state index contributed by atoms with van der Waals surface area (Å²) in [5.74, 6) is 2.47. The van der Waals surface area contributed by atoms with Crippen molar-refractivity contribution in [1.29, 1.82) is 0 Å². The Morgan fingerprint density at radius 2 is 2.00 bits per heavy atom. The average Bonchev–Trinajstić information content (AvgIpc) is 2.85. The molecule has 0 aromatic carbocycles. The van der Waals surface area contributed by atoms with Crippen LogP contribution in [0.4, 0.5) is 0 Å². The highest BCUT2D eigenvalue weighted by Crippen LogP contribution is 2.33. The molecule has 1 aliphatic heterocycles. The fourth-order valence-electron chi connectivity index (χ4n) is 3.47. The van der Waals surface area contributed by atoms with Crippen molar-refractivity contribution in [3.05, 3.63) is 0 Å². The number of hydrogen-bond acceptors (Lipinski definition) is 3. The van der Waals surface area contributed by atoms with Gasteiger partial charge in [-0.1, -0.05) is 65.1 Å². The molecule has 110 valence electrons. The Balaban J connectivity index is 1.84. The maximum atomic E-state index is 4.76. The van der Waals surface area contributed by atoms with Crippen LogP contribution < -0.4 is 5.32 Å². The Labute approximate surface area is 123 Å². The zero-order valence-corrected chi connectivity index (χ0v) is 13.8. The van der Waals surface area contributed by atoms with Crippen LogP contribution in [0.5, 0.6) is 0 Å². The van der Waals surface area contributed by atoms with Crippen LogP contribution in [-0.4, -0.2) is 23.0 Å². The molecule has 0 spiro atoms. The molecule has 0 radical (unpaired) electrons. The number of nitrogens with zero attached hydrogens (tertiary/aromatic N) is 1. The molecular weight excluding hydrogens is 252 g/mol. The summed E-state index contributed by atoms with van der Waals surface area (Å²) in [5.41, 5.74) is 0. The first-order valence-corrected chi connectivity index (χ1v) is 9.01. The third kappa shape index (κ3) is 3.68. The minimum absolute atomic E-state index is 0.649. The third-order valence-corrected chi connectivity index (χ3v) is 6.58. The average molecular weight is 282 g/mol. The number of rotatable bonds is 4. The lowest BCUT2D eigenvalue weighted by Gasteiger charge is -2.35. The molecule has 0 bridgehead atoms. The molecule has 4 unspecified atom stereocenters. The van der Waals surface area contributed by atoms with E-state index >= 15 is 0 Å². The summed E-state index contributed by atoms with van der Waals surface area (Å²) in [6.07, 6.45) is 6.66. The topological polar surface area (TPSA) is 24.4 Å². The molecule has 1 heterocycles.